The molecule has 0 saturated carbocycles. The first kappa shape index (κ1) is 15.4. The minimum Gasteiger partial charge on any atom is -0.384 e. The third kappa shape index (κ3) is 4.50. The van der Waals surface area contributed by atoms with Gasteiger partial charge in [0, 0.05) is 35.9 Å². The molecule has 110 valence electrons. The van der Waals surface area contributed by atoms with Gasteiger partial charge in [-0.15, -0.1) is 0 Å². The average molecular weight is 303 g/mol. The van der Waals surface area contributed by atoms with E-state index in [1.54, 1.807) is 4.90 Å². The summed E-state index contributed by atoms with van der Waals surface area (Å²) < 4.78 is 0. The van der Waals surface area contributed by atoms with Crippen LogP contribution in [0.15, 0.2) is 54.6 Å². The summed E-state index contributed by atoms with van der Waals surface area (Å²) in [4.78, 5) is 14.1. The quantitative estimate of drug-likeness (QED) is 0.867. The molecule has 0 fully saturated rings. The SMILES string of the molecule is CCN(C(=O)CCNc1cccc(Cl)c1)c1ccccc1. The maximum atomic E-state index is 12.3. The van der Waals surface area contributed by atoms with Crippen LogP contribution in [0.1, 0.15) is 13.3 Å². The zero-order valence-corrected chi connectivity index (χ0v) is 12.8. The van der Waals surface area contributed by atoms with Gasteiger partial charge in [-0.25, -0.2) is 0 Å². The predicted molar refractivity (Wildman–Crippen MR) is 89.0 cm³/mol. The second-order valence-electron chi connectivity index (χ2n) is 4.66. The topological polar surface area (TPSA) is 32.3 Å². The van der Waals surface area contributed by atoms with Gasteiger partial charge in [0.1, 0.15) is 0 Å². The van der Waals surface area contributed by atoms with Gasteiger partial charge in [0.05, 0.1) is 0 Å². The Morgan fingerprint density at radius 1 is 1.14 bits per heavy atom. The van der Waals surface area contributed by atoms with Crippen LogP contribution in [0.2, 0.25) is 5.02 Å². The summed E-state index contributed by atoms with van der Waals surface area (Å²) in [5.41, 5.74) is 1.87. The molecule has 2 aromatic rings. The smallest absolute Gasteiger partial charge is 0.228 e. The highest BCUT2D eigenvalue weighted by Crippen LogP contribution is 2.16. The lowest BCUT2D eigenvalue weighted by Gasteiger charge is -2.21. The molecule has 0 aromatic heterocycles. The Kier molecular flexibility index (Phi) is 5.64. The number of carbonyl (C=O) groups is 1. The molecule has 0 radical (unpaired) electrons. The van der Waals surface area contributed by atoms with Crippen molar-refractivity contribution in [2.75, 3.05) is 23.3 Å². The van der Waals surface area contributed by atoms with Crippen LogP contribution in [0.4, 0.5) is 11.4 Å². The van der Waals surface area contributed by atoms with Crippen LogP contribution in [-0.2, 0) is 4.79 Å². The van der Waals surface area contributed by atoms with Crippen LogP contribution in [-0.4, -0.2) is 19.0 Å². The number of carbonyl (C=O) groups excluding carboxylic acids is 1. The summed E-state index contributed by atoms with van der Waals surface area (Å²) >= 11 is 5.92. The lowest BCUT2D eigenvalue weighted by atomic mass is 10.2. The number of amides is 1. The van der Waals surface area contributed by atoms with Crippen molar-refractivity contribution in [2.24, 2.45) is 0 Å². The Morgan fingerprint density at radius 3 is 2.57 bits per heavy atom. The van der Waals surface area contributed by atoms with Crippen molar-refractivity contribution in [3.8, 4) is 0 Å². The fraction of sp³-hybridized carbons (Fsp3) is 0.235. The second-order valence-corrected chi connectivity index (χ2v) is 5.10. The van der Waals surface area contributed by atoms with Crippen LogP contribution >= 0.6 is 11.6 Å². The zero-order chi connectivity index (χ0) is 15.1. The molecule has 3 nitrogen and oxygen atoms in total. The Bertz CT molecular complexity index is 586. The van der Waals surface area contributed by atoms with Crippen molar-refractivity contribution in [3.05, 3.63) is 59.6 Å². The maximum absolute atomic E-state index is 12.3. The minimum absolute atomic E-state index is 0.109. The van der Waals surface area contributed by atoms with Gasteiger partial charge in [-0.1, -0.05) is 35.9 Å². The molecular formula is C17H19ClN2O. The summed E-state index contributed by atoms with van der Waals surface area (Å²) in [6.45, 7) is 3.23. The van der Waals surface area contributed by atoms with Gasteiger partial charge in [0.25, 0.3) is 0 Å². The molecule has 0 aliphatic heterocycles. The van der Waals surface area contributed by atoms with Crippen molar-refractivity contribution in [2.45, 2.75) is 13.3 Å². The minimum atomic E-state index is 0.109. The monoisotopic (exact) mass is 302 g/mol. The highest BCUT2D eigenvalue weighted by molar-refractivity contribution is 6.30. The highest BCUT2D eigenvalue weighted by atomic mass is 35.5. The van der Waals surface area contributed by atoms with Crippen LogP contribution in [0.3, 0.4) is 0 Å². The zero-order valence-electron chi connectivity index (χ0n) is 12.1. The third-order valence-electron chi connectivity index (χ3n) is 3.18. The van der Waals surface area contributed by atoms with Crippen LogP contribution in [0, 0.1) is 0 Å². The van der Waals surface area contributed by atoms with Gasteiger partial charge in [-0.05, 0) is 37.3 Å². The van der Waals surface area contributed by atoms with E-state index in [1.165, 1.54) is 0 Å². The summed E-state index contributed by atoms with van der Waals surface area (Å²) in [7, 11) is 0. The third-order valence-corrected chi connectivity index (χ3v) is 3.41. The molecule has 1 N–H and O–H groups in total. The number of hydrogen-bond donors (Lipinski definition) is 1. The molecule has 4 heteroatoms. The van der Waals surface area contributed by atoms with Gasteiger partial charge in [-0.3, -0.25) is 4.79 Å². The van der Waals surface area contributed by atoms with Crippen molar-refractivity contribution in [1.29, 1.82) is 0 Å². The van der Waals surface area contributed by atoms with E-state index in [2.05, 4.69) is 5.32 Å². The first-order valence-corrected chi connectivity index (χ1v) is 7.43. The maximum Gasteiger partial charge on any atom is 0.228 e. The van der Waals surface area contributed by atoms with Gasteiger partial charge in [-0.2, -0.15) is 0 Å². The Hall–Kier alpha value is -2.00. The summed E-state index contributed by atoms with van der Waals surface area (Å²) in [6.07, 6.45) is 0.440. The number of halogens is 1. The van der Waals surface area contributed by atoms with Crippen molar-refractivity contribution < 1.29 is 4.79 Å². The number of nitrogens with zero attached hydrogens (tertiary/aromatic N) is 1. The first-order valence-electron chi connectivity index (χ1n) is 7.05. The van der Waals surface area contributed by atoms with Crippen molar-refractivity contribution in [1.82, 2.24) is 0 Å². The van der Waals surface area contributed by atoms with Gasteiger partial charge >= 0.3 is 0 Å². The highest BCUT2D eigenvalue weighted by Gasteiger charge is 2.12. The largest absolute Gasteiger partial charge is 0.384 e. The fourth-order valence-electron chi connectivity index (χ4n) is 2.16. The van der Waals surface area contributed by atoms with Crippen molar-refractivity contribution in [3.63, 3.8) is 0 Å². The van der Waals surface area contributed by atoms with E-state index < -0.39 is 0 Å². The molecule has 0 aliphatic carbocycles. The number of para-hydroxylation sites is 1. The van der Waals surface area contributed by atoms with E-state index in [1.807, 2.05) is 61.5 Å². The van der Waals surface area contributed by atoms with Gasteiger partial charge < -0.3 is 10.2 Å². The Balaban J connectivity index is 1.89. The summed E-state index contributed by atoms with van der Waals surface area (Å²) in [6, 6.07) is 17.2. The van der Waals surface area contributed by atoms with Crippen LogP contribution in [0.5, 0.6) is 0 Å². The number of rotatable bonds is 6. The summed E-state index contributed by atoms with van der Waals surface area (Å²) in [5, 5.41) is 3.90. The lowest BCUT2D eigenvalue weighted by Crippen LogP contribution is -2.31. The number of nitrogens with one attached hydrogen (secondary N) is 1. The molecule has 0 spiro atoms. The van der Waals surface area contributed by atoms with Crippen LogP contribution in [0.25, 0.3) is 0 Å². The molecule has 2 aromatic carbocycles. The molecule has 2 rings (SSSR count). The molecule has 0 unspecified atom stereocenters. The molecular weight excluding hydrogens is 284 g/mol. The molecule has 0 aliphatic rings. The standard InChI is InChI=1S/C17H19ClN2O/c1-2-20(16-9-4-3-5-10-16)17(21)11-12-19-15-8-6-7-14(18)13-15/h3-10,13,19H,2,11-12H2,1H3. The molecule has 1 amide bonds. The van der Waals surface area contributed by atoms with Crippen LogP contribution < -0.4 is 10.2 Å². The van der Waals surface area contributed by atoms with E-state index >= 15 is 0 Å². The van der Waals surface area contributed by atoms with Gasteiger partial charge in [0.15, 0.2) is 0 Å². The number of anilines is 2. The first-order chi connectivity index (χ1) is 10.2. The Labute approximate surface area is 130 Å². The van der Waals surface area contributed by atoms with E-state index in [9.17, 15) is 4.79 Å². The molecule has 0 atom stereocenters. The molecule has 21 heavy (non-hydrogen) atoms. The average Bonchev–Trinajstić information content (AvgIpc) is 2.49. The van der Waals surface area contributed by atoms with E-state index in [0.717, 1.165) is 11.4 Å². The Morgan fingerprint density at radius 2 is 1.90 bits per heavy atom. The molecule has 0 bridgehead atoms. The second kappa shape index (κ2) is 7.70. The van der Waals surface area contributed by atoms with Gasteiger partial charge in [0.2, 0.25) is 5.91 Å². The molecule has 0 saturated heterocycles. The van der Waals surface area contributed by atoms with E-state index in [-0.39, 0.29) is 5.91 Å². The molecule has 0 heterocycles. The predicted octanol–water partition coefficient (Wildman–Crippen LogP) is 4.20. The fourth-order valence-corrected chi connectivity index (χ4v) is 2.35. The number of benzene rings is 2. The summed E-state index contributed by atoms with van der Waals surface area (Å²) in [5.74, 6) is 0.109. The number of hydrogen-bond acceptors (Lipinski definition) is 2. The lowest BCUT2D eigenvalue weighted by molar-refractivity contribution is -0.118. The van der Waals surface area contributed by atoms with Crippen molar-refractivity contribution >= 4 is 28.9 Å². The van der Waals surface area contributed by atoms with E-state index in [4.69, 9.17) is 11.6 Å². The normalized spacial score (nSPS) is 10.2. The van der Waals surface area contributed by atoms with E-state index in [0.29, 0.717) is 24.5 Å².